The highest BCUT2D eigenvalue weighted by molar-refractivity contribution is 6.00. The van der Waals surface area contributed by atoms with Crippen LogP contribution in [0.25, 0.3) is 11.1 Å². The van der Waals surface area contributed by atoms with Crippen molar-refractivity contribution in [1.82, 2.24) is 0 Å². The second kappa shape index (κ2) is 4.01. The predicted octanol–water partition coefficient (Wildman–Crippen LogP) is 2.28. The molecular formula is C12H11BO. The normalized spacial score (nSPS) is 9.71. The summed E-state index contributed by atoms with van der Waals surface area (Å²) in [7, 11) is 1.68. The Kier molecular flexibility index (Phi) is 2.54. The van der Waals surface area contributed by atoms with Crippen molar-refractivity contribution >= 4 is 8.05 Å². The molecule has 0 atom stereocenters. The van der Waals surface area contributed by atoms with Crippen molar-refractivity contribution in [3.8, 4) is 16.9 Å². The van der Waals surface area contributed by atoms with Crippen molar-refractivity contribution in [3.63, 3.8) is 0 Å². The fourth-order valence-electron chi connectivity index (χ4n) is 1.43. The third-order valence-electron chi connectivity index (χ3n) is 2.18. The maximum Gasteiger partial charge on any atom is 0.322 e. The van der Waals surface area contributed by atoms with Crippen LogP contribution < -0.4 is 4.65 Å². The molecule has 0 radical (unpaired) electrons. The fraction of sp³-hybridized carbons (Fsp3) is 0. The van der Waals surface area contributed by atoms with E-state index in [-0.39, 0.29) is 0 Å². The average molecular weight is 182 g/mol. The standard InChI is InChI=1S/C12H11BO/c13-14-12-8-4-7-11(9-12)10-5-2-1-3-6-10/h1-9H,13H2. The first-order chi connectivity index (χ1) is 6.90. The molecule has 0 N–H and O–H groups in total. The Labute approximate surface area is 84.8 Å². The lowest BCUT2D eigenvalue weighted by Crippen LogP contribution is -1.85. The number of rotatable bonds is 2. The molecule has 68 valence electrons. The number of hydrogen-bond donors (Lipinski definition) is 0. The van der Waals surface area contributed by atoms with Crippen LogP contribution in [0.5, 0.6) is 5.75 Å². The molecule has 0 aliphatic carbocycles. The van der Waals surface area contributed by atoms with E-state index in [2.05, 4.69) is 18.2 Å². The molecule has 0 saturated carbocycles. The van der Waals surface area contributed by atoms with Crippen LogP contribution in [-0.4, -0.2) is 8.05 Å². The van der Waals surface area contributed by atoms with E-state index in [4.69, 9.17) is 4.65 Å². The Balaban J connectivity index is 2.42. The molecule has 0 heterocycles. The maximum atomic E-state index is 5.18. The van der Waals surface area contributed by atoms with Crippen LogP contribution in [0, 0.1) is 0 Å². The zero-order valence-electron chi connectivity index (χ0n) is 8.10. The van der Waals surface area contributed by atoms with Crippen molar-refractivity contribution < 1.29 is 4.65 Å². The van der Waals surface area contributed by atoms with Gasteiger partial charge in [-0.3, -0.25) is 0 Å². The van der Waals surface area contributed by atoms with E-state index in [1.165, 1.54) is 11.1 Å². The van der Waals surface area contributed by atoms with Gasteiger partial charge in [0.05, 0.1) is 5.75 Å². The molecule has 0 spiro atoms. The summed E-state index contributed by atoms with van der Waals surface area (Å²) in [5.74, 6) is 0.895. The zero-order valence-corrected chi connectivity index (χ0v) is 8.10. The summed E-state index contributed by atoms with van der Waals surface area (Å²) in [4.78, 5) is 0. The van der Waals surface area contributed by atoms with Crippen molar-refractivity contribution in [1.29, 1.82) is 0 Å². The summed E-state index contributed by atoms with van der Waals surface area (Å²) in [6, 6.07) is 18.3. The van der Waals surface area contributed by atoms with Crippen molar-refractivity contribution in [2.75, 3.05) is 0 Å². The van der Waals surface area contributed by atoms with Crippen LogP contribution in [0.15, 0.2) is 54.6 Å². The second-order valence-electron chi connectivity index (χ2n) is 3.10. The van der Waals surface area contributed by atoms with Gasteiger partial charge in [-0.25, -0.2) is 0 Å². The molecule has 2 aromatic rings. The smallest absolute Gasteiger partial charge is 0.322 e. The second-order valence-corrected chi connectivity index (χ2v) is 3.10. The van der Waals surface area contributed by atoms with E-state index in [1.807, 2.05) is 36.4 Å². The Hall–Kier alpha value is -1.70. The molecule has 2 aromatic carbocycles. The topological polar surface area (TPSA) is 9.23 Å². The molecule has 0 aliphatic rings. The first kappa shape index (κ1) is 8.88. The van der Waals surface area contributed by atoms with Crippen LogP contribution in [0.3, 0.4) is 0 Å². The third kappa shape index (κ3) is 1.79. The van der Waals surface area contributed by atoms with E-state index in [0.717, 1.165) is 5.75 Å². The average Bonchev–Trinajstić information content (AvgIpc) is 2.30. The van der Waals surface area contributed by atoms with Crippen LogP contribution >= 0.6 is 0 Å². The summed E-state index contributed by atoms with van der Waals surface area (Å²) in [6.07, 6.45) is 0. The molecule has 1 nitrogen and oxygen atoms in total. The maximum absolute atomic E-state index is 5.18. The highest BCUT2D eigenvalue weighted by atomic mass is 16.4. The zero-order chi connectivity index (χ0) is 9.80. The molecule has 0 saturated heterocycles. The number of hydrogen-bond acceptors (Lipinski definition) is 1. The van der Waals surface area contributed by atoms with Crippen LogP contribution in [0.1, 0.15) is 0 Å². The van der Waals surface area contributed by atoms with E-state index in [0.29, 0.717) is 0 Å². The minimum Gasteiger partial charge on any atom is -0.568 e. The highest BCUT2D eigenvalue weighted by Crippen LogP contribution is 2.22. The monoisotopic (exact) mass is 182 g/mol. The molecule has 0 aliphatic heterocycles. The molecule has 0 bridgehead atoms. The summed E-state index contributed by atoms with van der Waals surface area (Å²) in [6.45, 7) is 0. The van der Waals surface area contributed by atoms with E-state index < -0.39 is 0 Å². The summed E-state index contributed by atoms with van der Waals surface area (Å²) in [5, 5.41) is 0. The van der Waals surface area contributed by atoms with Gasteiger partial charge >= 0.3 is 8.05 Å². The van der Waals surface area contributed by atoms with E-state index in [1.54, 1.807) is 8.05 Å². The van der Waals surface area contributed by atoms with Gasteiger partial charge in [0.2, 0.25) is 0 Å². The molecule has 14 heavy (non-hydrogen) atoms. The van der Waals surface area contributed by atoms with Crippen LogP contribution in [0.2, 0.25) is 0 Å². The van der Waals surface area contributed by atoms with Gasteiger partial charge in [-0.2, -0.15) is 0 Å². The number of benzene rings is 2. The van der Waals surface area contributed by atoms with Gasteiger partial charge < -0.3 is 4.65 Å². The van der Waals surface area contributed by atoms with Crippen molar-refractivity contribution in [2.45, 2.75) is 0 Å². The summed E-state index contributed by atoms with van der Waals surface area (Å²) < 4.78 is 5.18. The summed E-state index contributed by atoms with van der Waals surface area (Å²) in [5.41, 5.74) is 2.40. The lowest BCUT2D eigenvalue weighted by atomic mass is 10.1. The molecule has 0 aromatic heterocycles. The van der Waals surface area contributed by atoms with Gasteiger partial charge in [0.15, 0.2) is 0 Å². The van der Waals surface area contributed by atoms with Gasteiger partial charge in [0, 0.05) is 0 Å². The molecule has 2 rings (SSSR count). The third-order valence-corrected chi connectivity index (χ3v) is 2.18. The lowest BCUT2D eigenvalue weighted by Gasteiger charge is -2.04. The highest BCUT2D eigenvalue weighted by Gasteiger charge is 1.96. The quantitative estimate of drug-likeness (QED) is 0.647. The largest absolute Gasteiger partial charge is 0.568 e. The van der Waals surface area contributed by atoms with Gasteiger partial charge in [-0.15, -0.1) is 0 Å². The van der Waals surface area contributed by atoms with Gasteiger partial charge in [0.1, 0.15) is 0 Å². The SMILES string of the molecule is BOc1cccc(-c2ccccc2)c1. The van der Waals surface area contributed by atoms with Gasteiger partial charge in [-0.05, 0) is 23.3 Å². The summed E-state index contributed by atoms with van der Waals surface area (Å²) >= 11 is 0. The molecule has 0 unspecified atom stereocenters. The Morgan fingerprint density at radius 2 is 1.50 bits per heavy atom. The minimum atomic E-state index is 0.895. The van der Waals surface area contributed by atoms with Crippen molar-refractivity contribution in [3.05, 3.63) is 54.6 Å². The van der Waals surface area contributed by atoms with Gasteiger partial charge in [-0.1, -0.05) is 42.5 Å². The van der Waals surface area contributed by atoms with Crippen molar-refractivity contribution in [2.24, 2.45) is 0 Å². The molecule has 0 amide bonds. The van der Waals surface area contributed by atoms with Crippen LogP contribution in [-0.2, 0) is 0 Å². The molecule has 2 heteroatoms. The Bertz CT molecular complexity index is 412. The minimum absolute atomic E-state index is 0.895. The lowest BCUT2D eigenvalue weighted by molar-refractivity contribution is 0.616. The molecular weight excluding hydrogens is 171 g/mol. The first-order valence-corrected chi connectivity index (χ1v) is 4.59. The Morgan fingerprint density at radius 3 is 2.21 bits per heavy atom. The fourth-order valence-corrected chi connectivity index (χ4v) is 1.43. The van der Waals surface area contributed by atoms with E-state index >= 15 is 0 Å². The van der Waals surface area contributed by atoms with Gasteiger partial charge in [0.25, 0.3) is 0 Å². The predicted molar refractivity (Wildman–Crippen MR) is 61.1 cm³/mol. The molecule has 0 fully saturated rings. The van der Waals surface area contributed by atoms with E-state index in [9.17, 15) is 0 Å². The van der Waals surface area contributed by atoms with Crippen LogP contribution in [0.4, 0.5) is 0 Å². The first-order valence-electron chi connectivity index (χ1n) is 4.59. The Morgan fingerprint density at radius 1 is 0.786 bits per heavy atom.